The lowest BCUT2D eigenvalue weighted by Crippen LogP contribution is -2.10. The summed E-state index contributed by atoms with van der Waals surface area (Å²) in [6.45, 7) is 0. The second-order valence-electron chi connectivity index (χ2n) is 12.8. The van der Waals surface area contributed by atoms with E-state index in [1.54, 1.807) is 14.2 Å². The highest BCUT2D eigenvalue weighted by atomic mass is 16.5. The molecule has 0 radical (unpaired) electrons. The molecule has 0 fully saturated rings. The molecule has 0 amide bonds. The van der Waals surface area contributed by atoms with Crippen molar-refractivity contribution in [3.63, 3.8) is 0 Å². The Hall–Kier alpha value is -7.80. The first-order chi connectivity index (χ1) is 27.6. The van der Waals surface area contributed by atoms with Gasteiger partial charge in [0.15, 0.2) is 0 Å². The van der Waals surface area contributed by atoms with Gasteiger partial charge in [0.25, 0.3) is 0 Å². The van der Waals surface area contributed by atoms with E-state index in [9.17, 15) is 10.5 Å². The van der Waals surface area contributed by atoms with Gasteiger partial charge in [-0.2, -0.15) is 10.5 Å². The van der Waals surface area contributed by atoms with Gasteiger partial charge in [0.05, 0.1) is 37.5 Å². The molecule has 0 aliphatic carbocycles. The molecule has 0 saturated carbocycles. The molecule has 0 N–H and O–H groups in total. The van der Waals surface area contributed by atoms with Crippen LogP contribution in [0.3, 0.4) is 0 Å². The SMILES string of the molecule is COc1cc(N(c2ccccc2)c2ccccc2)ccc1/C=C(\C#N)c1ccc(/C(C#N)=C/c2ccc(N(c3ccccc3)c3ccccc3)cc2OC)cc1. The summed E-state index contributed by atoms with van der Waals surface area (Å²) >= 11 is 0. The molecule has 56 heavy (non-hydrogen) atoms. The third-order valence-electron chi connectivity index (χ3n) is 9.36. The number of benzene rings is 7. The minimum Gasteiger partial charge on any atom is -0.496 e. The number of anilines is 6. The van der Waals surface area contributed by atoms with E-state index in [1.165, 1.54) is 0 Å². The molecule has 6 heteroatoms. The van der Waals surface area contributed by atoms with E-state index >= 15 is 0 Å². The van der Waals surface area contributed by atoms with Gasteiger partial charge in [-0.3, -0.25) is 0 Å². The molecule has 0 saturated heterocycles. The van der Waals surface area contributed by atoms with E-state index < -0.39 is 0 Å². The van der Waals surface area contributed by atoms with Crippen molar-refractivity contribution in [2.24, 2.45) is 0 Å². The van der Waals surface area contributed by atoms with Crippen LogP contribution in [0.5, 0.6) is 11.5 Å². The van der Waals surface area contributed by atoms with Crippen LogP contribution >= 0.6 is 0 Å². The van der Waals surface area contributed by atoms with Crippen molar-refractivity contribution in [1.82, 2.24) is 0 Å². The first kappa shape index (κ1) is 36.6. The van der Waals surface area contributed by atoms with Crippen molar-refractivity contribution in [3.8, 4) is 23.6 Å². The number of nitrogens with zero attached hydrogens (tertiary/aromatic N) is 4. The zero-order chi connectivity index (χ0) is 38.7. The van der Waals surface area contributed by atoms with Gasteiger partial charge in [-0.1, -0.05) is 97.1 Å². The highest BCUT2D eigenvalue weighted by Gasteiger charge is 2.17. The predicted octanol–water partition coefficient (Wildman–Crippen LogP) is 12.8. The predicted molar refractivity (Wildman–Crippen MR) is 229 cm³/mol. The third kappa shape index (κ3) is 8.06. The first-order valence-corrected chi connectivity index (χ1v) is 18.1. The van der Waals surface area contributed by atoms with Gasteiger partial charge in [-0.15, -0.1) is 0 Å². The molecular weight excluding hydrogens is 689 g/mol. The minimum atomic E-state index is 0.465. The number of hydrogen-bond acceptors (Lipinski definition) is 6. The van der Waals surface area contributed by atoms with E-state index in [1.807, 2.05) is 146 Å². The number of hydrogen-bond donors (Lipinski definition) is 0. The maximum absolute atomic E-state index is 10.3. The molecule has 0 aliphatic rings. The van der Waals surface area contributed by atoms with Crippen molar-refractivity contribution >= 4 is 57.4 Å². The Morgan fingerprint density at radius 1 is 0.411 bits per heavy atom. The van der Waals surface area contributed by atoms with Gasteiger partial charge in [0, 0.05) is 57.4 Å². The summed E-state index contributed by atoms with van der Waals surface area (Å²) in [5.41, 5.74) is 9.81. The van der Waals surface area contributed by atoms with E-state index in [2.05, 4.69) is 70.5 Å². The Morgan fingerprint density at radius 3 is 0.982 bits per heavy atom. The average Bonchev–Trinajstić information content (AvgIpc) is 3.27. The molecule has 270 valence electrons. The molecule has 0 heterocycles. The Balaban J connectivity index is 1.17. The summed E-state index contributed by atoms with van der Waals surface area (Å²) in [5, 5.41) is 20.6. The molecule has 0 atom stereocenters. The zero-order valence-electron chi connectivity index (χ0n) is 31.1. The van der Waals surface area contributed by atoms with Crippen LogP contribution in [0.25, 0.3) is 23.3 Å². The lowest BCUT2D eigenvalue weighted by molar-refractivity contribution is 0.414. The standard InChI is InChI=1S/C50H38N4O2/c1-55-49-33-47(53(43-15-7-3-8-16-43)44-17-9-4-10-18-44)29-27-39(49)31-41(35-51)37-23-25-38(26-24-37)42(36-52)32-40-28-30-48(34-50(40)56-2)54(45-19-11-5-12-20-45)46-21-13-6-14-22-46/h3-34H,1-2H3/b41-31+,42-32+. The van der Waals surface area contributed by atoms with Gasteiger partial charge >= 0.3 is 0 Å². The molecule has 6 nitrogen and oxygen atoms in total. The molecule has 0 spiro atoms. The van der Waals surface area contributed by atoms with Crippen LogP contribution in [0.2, 0.25) is 0 Å². The summed E-state index contributed by atoms with van der Waals surface area (Å²) in [7, 11) is 3.26. The summed E-state index contributed by atoms with van der Waals surface area (Å²) < 4.78 is 11.7. The van der Waals surface area contributed by atoms with Crippen LogP contribution in [-0.4, -0.2) is 14.2 Å². The normalized spacial score (nSPS) is 11.2. The van der Waals surface area contributed by atoms with E-state index in [0.29, 0.717) is 22.6 Å². The van der Waals surface area contributed by atoms with Crippen molar-refractivity contribution in [1.29, 1.82) is 10.5 Å². The van der Waals surface area contributed by atoms with Crippen LogP contribution in [-0.2, 0) is 0 Å². The maximum Gasteiger partial charge on any atom is 0.128 e. The van der Waals surface area contributed by atoms with E-state index in [0.717, 1.165) is 56.4 Å². The van der Waals surface area contributed by atoms with E-state index in [4.69, 9.17) is 9.47 Å². The minimum absolute atomic E-state index is 0.465. The first-order valence-electron chi connectivity index (χ1n) is 18.1. The van der Waals surface area contributed by atoms with Gasteiger partial charge in [-0.05, 0) is 96.1 Å². The number of rotatable bonds is 12. The van der Waals surface area contributed by atoms with Crippen molar-refractivity contribution < 1.29 is 9.47 Å². The van der Waals surface area contributed by atoms with Crippen LogP contribution in [0.4, 0.5) is 34.1 Å². The van der Waals surface area contributed by atoms with Gasteiger partial charge in [0.2, 0.25) is 0 Å². The number of ether oxygens (including phenoxy) is 2. The fourth-order valence-electron chi connectivity index (χ4n) is 6.62. The summed E-state index contributed by atoms with van der Waals surface area (Å²) in [4.78, 5) is 4.32. The molecule has 0 aromatic heterocycles. The van der Waals surface area contributed by atoms with Gasteiger partial charge < -0.3 is 19.3 Å². The zero-order valence-corrected chi connectivity index (χ0v) is 31.1. The Morgan fingerprint density at radius 2 is 0.714 bits per heavy atom. The Bertz CT molecular complexity index is 2300. The molecule has 0 bridgehead atoms. The second-order valence-corrected chi connectivity index (χ2v) is 12.8. The highest BCUT2D eigenvalue weighted by Crippen LogP contribution is 2.39. The molecule has 7 aromatic carbocycles. The van der Waals surface area contributed by atoms with Crippen molar-refractivity contribution in [2.75, 3.05) is 24.0 Å². The molecule has 0 aliphatic heterocycles. The lowest BCUT2D eigenvalue weighted by atomic mass is 9.98. The van der Waals surface area contributed by atoms with Crippen LogP contribution in [0.1, 0.15) is 22.3 Å². The quantitative estimate of drug-likeness (QED) is 0.0922. The summed E-state index contributed by atoms with van der Waals surface area (Å²) in [5.74, 6) is 1.27. The average molecular weight is 727 g/mol. The molecular formula is C50H38N4O2. The monoisotopic (exact) mass is 726 g/mol. The summed E-state index contributed by atoms with van der Waals surface area (Å²) in [6, 6.07) is 64.7. The Kier molecular flexibility index (Phi) is 11.3. The van der Waals surface area contributed by atoms with Crippen LogP contribution in [0, 0.1) is 22.7 Å². The van der Waals surface area contributed by atoms with Crippen LogP contribution in [0.15, 0.2) is 182 Å². The fraction of sp³-hybridized carbons (Fsp3) is 0.0400. The largest absolute Gasteiger partial charge is 0.496 e. The second kappa shape index (κ2) is 17.4. The smallest absolute Gasteiger partial charge is 0.128 e. The van der Waals surface area contributed by atoms with E-state index in [-0.39, 0.29) is 0 Å². The number of methoxy groups -OCH3 is 2. The topological polar surface area (TPSA) is 72.5 Å². The molecule has 0 unspecified atom stereocenters. The molecule has 7 aromatic rings. The maximum atomic E-state index is 10.3. The lowest BCUT2D eigenvalue weighted by Gasteiger charge is -2.26. The van der Waals surface area contributed by atoms with Gasteiger partial charge in [-0.25, -0.2) is 0 Å². The fourth-order valence-corrected chi connectivity index (χ4v) is 6.62. The summed E-state index contributed by atoms with van der Waals surface area (Å²) in [6.07, 6.45) is 3.66. The Labute approximate surface area is 328 Å². The number of para-hydroxylation sites is 4. The van der Waals surface area contributed by atoms with Gasteiger partial charge in [0.1, 0.15) is 11.5 Å². The van der Waals surface area contributed by atoms with Crippen molar-refractivity contribution in [3.05, 3.63) is 204 Å². The highest BCUT2D eigenvalue weighted by molar-refractivity contribution is 5.94. The van der Waals surface area contributed by atoms with Crippen molar-refractivity contribution in [2.45, 2.75) is 0 Å². The third-order valence-corrected chi connectivity index (χ3v) is 9.36. The number of nitriles is 2. The molecule has 7 rings (SSSR count). The number of allylic oxidation sites excluding steroid dienone is 2. The van der Waals surface area contributed by atoms with Crippen LogP contribution < -0.4 is 19.3 Å².